The van der Waals surface area contributed by atoms with Crippen molar-refractivity contribution >= 4 is 11.9 Å². The molecule has 162 valence electrons. The van der Waals surface area contributed by atoms with Crippen molar-refractivity contribution < 1.29 is 18.0 Å². The molecule has 1 amide bonds. The summed E-state index contributed by atoms with van der Waals surface area (Å²) in [6, 6.07) is 0. The maximum absolute atomic E-state index is 12.5. The lowest BCUT2D eigenvalue weighted by Crippen LogP contribution is -2.40. The molecule has 6 nitrogen and oxygen atoms in total. The Bertz CT molecular complexity index is 512. The lowest BCUT2D eigenvalue weighted by molar-refractivity contribution is -0.143. The molecule has 0 aromatic heterocycles. The molecule has 0 spiro atoms. The lowest BCUT2D eigenvalue weighted by Gasteiger charge is -2.21. The van der Waals surface area contributed by atoms with Crippen molar-refractivity contribution in [3.05, 3.63) is 0 Å². The molecule has 2 rings (SSSR count). The Hall–Kier alpha value is -1.51. The first-order valence-electron chi connectivity index (χ1n) is 10.5. The number of alkyl halides is 3. The van der Waals surface area contributed by atoms with Crippen LogP contribution in [0.1, 0.15) is 45.4 Å². The third kappa shape index (κ3) is 8.67. The average molecular weight is 406 g/mol. The molecule has 2 saturated heterocycles. The SMILES string of the molecule is CCNC(=NCC1CCN(CC(F)(F)F)C1)NCCCN1CCCCCC1=O. The summed E-state index contributed by atoms with van der Waals surface area (Å²) < 4.78 is 37.5. The molecule has 1 atom stereocenters. The van der Waals surface area contributed by atoms with Crippen molar-refractivity contribution in [2.45, 2.75) is 51.6 Å². The number of carbonyl (C=O) groups excluding carboxylic acids is 1. The average Bonchev–Trinajstić information content (AvgIpc) is 2.95. The Kier molecular flexibility index (Phi) is 9.34. The zero-order chi connectivity index (χ0) is 20.4. The topological polar surface area (TPSA) is 60.0 Å². The van der Waals surface area contributed by atoms with Crippen LogP contribution in [0.3, 0.4) is 0 Å². The van der Waals surface area contributed by atoms with E-state index in [0.29, 0.717) is 38.6 Å². The van der Waals surface area contributed by atoms with E-state index in [1.807, 2.05) is 11.8 Å². The smallest absolute Gasteiger partial charge is 0.357 e. The standard InChI is InChI=1S/C19H34F3N5O/c1-2-23-18(24-9-6-11-27-10-5-3-4-7-17(27)28)25-13-16-8-12-26(14-16)15-19(20,21)22/h16H,2-15H2,1H3,(H2,23,24,25). The molecule has 0 aliphatic carbocycles. The van der Waals surface area contributed by atoms with E-state index in [4.69, 9.17) is 0 Å². The van der Waals surface area contributed by atoms with E-state index in [-0.39, 0.29) is 11.8 Å². The molecule has 2 aliphatic heterocycles. The van der Waals surface area contributed by atoms with Gasteiger partial charge < -0.3 is 15.5 Å². The fourth-order valence-corrected chi connectivity index (χ4v) is 3.77. The number of aliphatic imine (C=N–C) groups is 1. The molecule has 2 heterocycles. The second-order valence-corrected chi connectivity index (χ2v) is 7.70. The van der Waals surface area contributed by atoms with Gasteiger partial charge in [0, 0.05) is 45.7 Å². The van der Waals surface area contributed by atoms with E-state index in [2.05, 4.69) is 15.6 Å². The summed E-state index contributed by atoms with van der Waals surface area (Å²) >= 11 is 0. The van der Waals surface area contributed by atoms with Crippen LogP contribution in [0, 0.1) is 5.92 Å². The predicted octanol–water partition coefficient (Wildman–Crippen LogP) is 2.22. The van der Waals surface area contributed by atoms with Crippen molar-refractivity contribution in [3.63, 3.8) is 0 Å². The van der Waals surface area contributed by atoms with Crippen LogP contribution in [0.2, 0.25) is 0 Å². The minimum atomic E-state index is -4.14. The lowest BCUT2D eigenvalue weighted by atomic mass is 10.1. The van der Waals surface area contributed by atoms with Crippen molar-refractivity contribution in [2.75, 3.05) is 52.4 Å². The molecule has 0 bridgehead atoms. The Balaban J connectivity index is 1.69. The molecule has 0 aromatic carbocycles. The molecule has 2 N–H and O–H groups in total. The van der Waals surface area contributed by atoms with Gasteiger partial charge in [-0.2, -0.15) is 13.2 Å². The summed E-state index contributed by atoms with van der Waals surface area (Å²) in [6.07, 6.45) is 1.31. The van der Waals surface area contributed by atoms with Gasteiger partial charge in [0.25, 0.3) is 0 Å². The van der Waals surface area contributed by atoms with Crippen molar-refractivity contribution in [3.8, 4) is 0 Å². The maximum atomic E-state index is 12.5. The monoisotopic (exact) mass is 405 g/mol. The van der Waals surface area contributed by atoms with E-state index >= 15 is 0 Å². The van der Waals surface area contributed by atoms with Gasteiger partial charge in [0.05, 0.1) is 6.54 Å². The van der Waals surface area contributed by atoms with Crippen LogP contribution < -0.4 is 10.6 Å². The molecular formula is C19H34F3N5O. The van der Waals surface area contributed by atoms with E-state index in [0.717, 1.165) is 51.7 Å². The van der Waals surface area contributed by atoms with Crippen LogP contribution in [-0.4, -0.2) is 80.2 Å². The molecule has 0 aromatic rings. The van der Waals surface area contributed by atoms with Gasteiger partial charge in [0.1, 0.15) is 0 Å². The fraction of sp³-hybridized carbons (Fsp3) is 0.895. The number of likely N-dealkylation sites (tertiary alicyclic amines) is 2. The Morgan fingerprint density at radius 3 is 2.79 bits per heavy atom. The van der Waals surface area contributed by atoms with Crippen molar-refractivity contribution in [2.24, 2.45) is 10.9 Å². The number of nitrogens with one attached hydrogen (secondary N) is 2. The zero-order valence-corrected chi connectivity index (χ0v) is 16.9. The highest BCUT2D eigenvalue weighted by atomic mass is 19.4. The van der Waals surface area contributed by atoms with Crippen molar-refractivity contribution in [1.82, 2.24) is 20.4 Å². The third-order valence-corrected chi connectivity index (χ3v) is 5.19. The van der Waals surface area contributed by atoms with Gasteiger partial charge in [-0.1, -0.05) is 6.42 Å². The number of rotatable bonds is 8. The summed E-state index contributed by atoms with van der Waals surface area (Å²) in [4.78, 5) is 20.0. The molecular weight excluding hydrogens is 371 g/mol. The van der Waals surface area contributed by atoms with Crippen LogP contribution in [0.25, 0.3) is 0 Å². The summed E-state index contributed by atoms with van der Waals surface area (Å²) in [5.74, 6) is 1.11. The van der Waals surface area contributed by atoms with Gasteiger partial charge in [-0.3, -0.25) is 14.7 Å². The third-order valence-electron chi connectivity index (χ3n) is 5.19. The predicted molar refractivity (Wildman–Crippen MR) is 104 cm³/mol. The molecule has 2 aliphatic rings. The highest BCUT2D eigenvalue weighted by Gasteiger charge is 2.34. The minimum Gasteiger partial charge on any atom is -0.357 e. The molecule has 2 fully saturated rings. The Morgan fingerprint density at radius 2 is 2.04 bits per heavy atom. The summed E-state index contributed by atoms with van der Waals surface area (Å²) in [7, 11) is 0. The zero-order valence-electron chi connectivity index (χ0n) is 16.9. The van der Waals surface area contributed by atoms with Gasteiger partial charge in [-0.05, 0) is 45.1 Å². The van der Waals surface area contributed by atoms with E-state index in [1.165, 1.54) is 4.90 Å². The summed E-state index contributed by atoms with van der Waals surface area (Å²) in [5.41, 5.74) is 0. The second-order valence-electron chi connectivity index (χ2n) is 7.70. The van der Waals surface area contributed by atoms with E-state index in [9.17, 15) is 18.0 Å². The molecule has 0 saturated carbocycles. The fourth-order valence-electron chi connectivity index (χ4n) is 3.77. The Morgan fingerprint density at radius 1 is 1.21 bits per heavy atom. The first kappa shape index (κ1) is 22.8. The van der Waals surface area contributed by atoms with Gasteiger partial charge >= 0.3 is 6.18 Å². The minimum absolute atomic E-state index is 0.160. The summed E-state index contributed by atoms with van der Waals surface area (Å²) in [6.45, 7) is 5.63. The van der Waals surface area contributed by atoms with Crippen LogP contribution >= 0.6 is 0 Å². The second kappa shape index (κ2) is 11.5. The van der Waals surface area contributed by atoms with Gasteiger partial charge in [-0.25, -0.2) is 0 Å². The molecule has 28 heavy (non-hydrogen) atoms. The first-order valence-corrected chi connectivity index (χ1v) is 10.5. The number of nitrogens with zero attached hydrogens (tertiary/aromatic N) is 3. The van der Waals surface area contributed by atoms with Gasteiger partial charge in [0.15, 0.2) is 5.96 Å². The van der Waals surface area contributed by atoms with Gasteiger partial charge in [0.2, 0.25) is 5.91 Å². The number of halogens is 3. The van der Waals surface area contributed by atoms with Gasteiger partial charge in [-0.15, -0.1) is 0 Å². The Labute approximate surface area is 165 Å². The highest BCUT2D eigenvalue weighted by molar-refractivity contribution is 5.79. The molecule has 0 radical (unpaired) electrons. The van der Waals surface area contributed by atoms with Crippen LogP contribution in [0.4, 0.5) is 13.2 Å². The van der Waals surface area contributed by atoms with Crippen LogP contribution in [0.15, 0.2) is 4.99 Å². The maximum Gasteiger partial charge on any atom is 0.401 e. The number of guanidine groups is 1. The van der Waals surface area contributed by atoms with E-state index < -0.39 is 12.7 Å². The normalized spacial score (nSPS) is 22.4. The van der Waals surface area contributed by atoms with Crippen molar-refractivity contribution in [1.29, 1.82) is 0 Å². The first-order chi connectivity index (χ1) is 13.4. The molecule has 9 heteroatoms. The molecule has 1 unspecified atom stereocenters. The highest BCUT2D eigenvalue weighted by Crippen LogP contribution is 2.22. The number of amides is 1. The summed E-state index contributed by atoms with van der Waals surface area (Å²) in [5, 5.41) is 6.45. The van der Waals surface area contributed by atoms with E-state index in [1.54, 1.807) is 0 Å². The number of hydrogen-bond donors (Lipinski definition) is 2. The largest absolute Gasteiger partial charge is 0.401 e. The quantitative estimate of drug-likeness (QED) is 0.369. The van der Waals surface area contributed by atoms with Crippen LogP contribution in [0.5, 0.6) is 0 Å². The van der Waals surface area contributed by atoms with Crippen LogP contribution in [-0.2, 0) is 4.79 Å². The number of carbonyl (C=O) groups is 1. The number of hydrogen-bond acceptors (Lipinski definition) is 3.